The number of aryl methyl sites for hydroxylation is 1. The molecule has 2 aromatic rings. The Kier molecular flexibility index (Phi) is 3.22. The minimum atomic E-state index is -0.163. The van der Waals surface area contributed by atoms with Gasteiger partial charge in [-0.1, -0.05) is 23.2 Å². The molecule has 0 unspecified atom stereocenters. The van der Waals surface area contributed by atoms with Gasteiger partial charge in [0.2, 0.25) is 0 Å². The number of H-pyrrole nitrogens is 1. The number of rotatable bonds is 1. The first-order valence-corrected chi connectivity index (χ1v) is 5.77. The fourth-order valence-corrected chi connectivity index (χ4v) is 1.83. The van der Waals surface area contributed by atoms with Gasteiger partial charge in [-0.05, 0) is 32.0 Å². The molecule has 0 amide bonds. The highest BCUT2D eigenvalue weighted by molar-refractivity contribution is 6.35. The zero-order valence-electron chi connectivity index (χ0n) is 9.34. The first kappa shape index (κ1) is 12.1. The number of hydrogen-bond acceptors (Lipinski definition) is 2. The molecular weight excluding hydrogens is 259 g/mol. The molecule has 0 saturated heterocycles. The SMILES string of the molecule is Cc1nc(-c2cc(Cl)ccc2Cl)[nH]c(=O)c1C. The fourth-order valence-electron chi connectivity index (χ4n) is 1.45. The number of aromatic nitrogens is 2. The molecule has 1 aromatic heterocycles. The van der Waals surface area contributed by atoms with Gasteiger partial charge in [0.25, 0.3) is 5.56 Å². The van der Waals surface area contributed by atoms with Gasteiger partial charge < -0.3 is 4.98 Å². The number of aromatic amines is 1. The topological polar surface area (TPSA) is 45.8 Å². The Labute approximate surface area is 108 Å². The maximum atomic E-state index is 11.7. The average molecular weight is 269 g/mol. The van der Waals surface area contributed by atoms with E-state index in [0.29, 0.717) is 32.7 Å². The fraction of sp³-hybridized carbons (Fsp3) is 0.167. The molecule has 2 rings (SSSR count). The summed E-state index contributed by atoms with van der Waals surface area (Å²) in [5.74, 6) is 0.436. The van der Waals surface area contributed by atoms with Gasteiger partial charge in [0.15, 0.2) is 0 Å². The molecule has 0 spiro atoms. The van der Waals surface area contributed by atoms with Crippen molar-refractivity contribution in [3.8, 4) is 11.4 Å². The van der Waals surface area contributed by atoms with Gasteiger partial charge in [0.1, 0.15) is 5.82 Å². The summed E-state index contributed by atoms with van der Waals surface area (Å²) in [4.78, 5) is 18.7. The number of nitrogens with zero attached hydrogens (tertiary/aromatic N) is 1. The largest absolute Gasteiger partial charge is 0.306 e. The van der Waals surface area contributed by atoms with Gasteiger partial charge in [-0.15, -0.1) is 0 Å². The lowest BCUT2D eigenvalue weighted by Gasteiger charge is -2.06. The zero-order valence-corrected chi connectivity index (χ0v) is 10.9. The highest BCUT2D eigenvalue weighted by atomic mass is 35.5. The summed E-state index contributed by atoms with van der Waals surface area (Å²) in [6.45, 7) is 3.51. The van der Waals surface area contributed by atoms with E-state index in [2.05, 4.69) is 9.97 Å². The molecule has 0 atom stereocenters. The van der Waals surface area contributed by atoms with Crippen molar-refractivity contribution in [1.29, 1.82) is 0 Å². The average Bonchev–Trinajstić information content (AvgIpc) is 2.28. The van der Waals surface area contributed by atoms with E-state index < -0.39 is 0 Å². The number of halogens is 2. The summed E-state index contributed by atoms with van der Waals surface area (Å²) in [6, 6.07) is 5.04. The van der Waals surface area contributed by atoms with Gasteiger partial charge >= 0.3 is 0 Å². The van der Waals surface area contributed by atoms with Crippen LogP contribution in [0.25, 0.3) is 11.4 Å². The lowest BCUT2D eigenvalue weighted by molar-refractivity contribution is 1.03. The van der Waals surface area contributed by atoms with Gasteiger partial charge in [-0.2, -0.15) is 0 Å². The Balaban J connectivity index is 2.69. The van der Waals surface area contributed by atoms with Crippen LogP contribution < -0.4 is 5.56 Å². The van der Waals surface area contributed by atoms with Crippen LogP contribution in [0.4, 0.5) is 0 Å². The highest BCUT2D eigenvalue weighted by Gasteiger charge is 2.09. The van der Waals surface area contributed by atoms with Gasteiger partial charge in [0.05, 0.1) is 5.02 Å². The standard InChI is InChI=1S/C12H10Cl2N2O/c1-6-7(2)15-11(16-12(6)17)9-5-8(13)3-4-10(9)14/h3-5H,1-2H3,(H,15,16,17). The van der Waals surface area contributed by atoms with E-state index in [1.807, 2.05) is 0 Å². The second-order valence-electron chi connectivity index (χ2n) is 3.75. The number of hydrogen-bond donors (Lipinski definition) is 1. The van der Waals surface area contributed by atoms with Crippen molar-refractivity contribution >= 4 is 23.2 Å². The van der Waals surface area contributed by atoms with E-state index >= 15 is 0 Å². The second kappa shape index (κ2) is 4.51. The van der Waals surface area contributed by atoms with Crippen molar-refractivity contribution < 1.29 is 0 Å². The van der Waals surface area contributed by atoms with E-state index in [1.165, 1.54) is 0 Å². The lowest BCUT2D eigenvalue weighted by atomic mass is 10.2. The molecule has 3 nitrogen and oxygen atoms in total. The number of benzene rings is 1. The third-order valence-corrected chi connectivity index (χ3v) is 3.14. The normalized spacial score (nSPS) is 10.6. The third-order valence-electron chi connectivity index (χ3n) is 2.58. The van der Waals surface area contributed by atoms with E-state index in [1.54, 1.807) is 32.0 Å². The summed E-state index contributed by atoms with van der Waals surface area (Å²) in [5.41, 5.74) is 1.75. The molecule has 0 fully saturated rings. The molecule has 0 bridgehead atoms. The van der Waals surface area contributed by atoms with Gasteiger partial charge in [0, 0.05) is 21.8 Å². The Morgan fingerprint density at radius 2 is 1.94 bits per heavy atom. The van der Waals surface area contributed by atoms with Crippen LogP contribution in [0.15, 0.2) is 23.0 Å². The Hall–Kier alpha value is -1.32. The smallest absolute Gasteiger partial charge is 0.254 e. The predicted molar refractivity (Wildman–Crippen MR) is 69.8 cm³/mol. The Morgan fingerprint density at radius 3 is 2.59 bits per heavy atom. The molecule has 17 heavy (non-hydrogen) atoms. The summed E-state index contributed by atoms with van der Waals surface area (Å²) in [5, 5.41) is 1.05. The van der Waals surface area contributed by atoms with Crippen molar-refractivity contribution in [3.05, 3.63) is 49.9 Å². The maximum absolute atomic E-state index is 11.7. The van der Waals surface area contributed by atoms with Crippen LogP contribution in [0.2, 0.25) is 10.0 Å². The summed E-state index contributed by atoms with van der Waals surface area (Å²) in [6.07, 6.45) is 0. The van der Waals surface area contributed by atoms with Crippen molar-refractivity contribution in [1.82, 2.24) is 9.97 Å². The minimum absolute atomic E-state index is 0.163. The first-order valence-electron chi connectivity index (χ1n) is 5.02. The van der Waals surface area contributed by atoms with Gasteiger partial charge in [-0.3, -0.25) is 4.79 Å². The molecule has 1 heterocycles. The molecule has 0 aliphatic rings. The van der Waals surface area contributed by atoms with Crippen LogP contribution in [0.1, 0.15) is 11.3 Å². The first-order chi connectivity index (χ1) is 7.99. The van der Waals surface area contributed by atoms with Crippen molar-refractivity contribution in [2.75, 3.05) is 0 Å². The van der Waals surface area contributed by atoms with Crippen molar-refractivity contribution in [3.63, 3.8) is 0 Å². The molecule has 0 aliphatic heterocycles. The second-order valence-corrected chi connectivity index (χ2v) is 4.59. The molecule has 0 saturated carbocycles. The van der Waals surface area contributed by atoms with Crippen LogP contribution >= 0.6 is 23.2 Å². The monoisotopic (exact) mass is 268 g/mol. The van der Waals surface area contributed by atoms with Crippen LogP contribution in [-0.4, -0.2) is 9.97 Å². The van der Waals surface area contributed by atoms with Crippen LogP contribution in [-0.2, 0) is 0 Å². The molecule has 88 valence electrons. The molecule has 0 aliphatic carbocycles. The summed E-state index contributed by atoms with van der Waals surface area (Å²) in [7, 11) is 0. The van der Waals surface area contributed by atoms with E-state index in [-0.39, 0.29) is 5.56 Å². The van der Waals surface area contributed by atoms with Gasteiger partial charge in [-0.25, -0.2) is 4.98 Å². The van der Waals surface area contributed by atoms with E-state index in [0.717, 1.165) is 0 Å². The summed E-state index contributed by atoms with van der Waals surface area (Å²) < 4.78 is 0. The molecular formula is C12H10Cl2N2O. The van der Waals surface area contributed by atoms with Crippen LogP contribution in [0, 0.1) is 13.8 Å². The summed E-state index contributed by atoms with van der Waals surface area (Å²) >= 11 is 12.0. The molecule has 0 radical (unpaired) electrons. The maximum Gasteiger partial charge on any atom is 0.254 e. The lowest BCUT2D eigenvalue weighted by Crippen LogP contribution is -2.14. The zero-order chi connectivity index (χ0) is 12.6. The molecule has 1 aromatic carbocycles. The van der Waals surface area contributed by atoms with Crippen LogP contribution in [0.3, 0.4) is 0 Å². The number of nitrogens with one attached hydrogen (secondary N) is 1. The quantitative estimate of drug-likeness (QED) is 0.862. The Bertz CT molecular complexity index is 635. The van der Waals surface area contributed by atoms with E-state index in [4.69, 9.17) is 23.2 Å². The molecule has 1 N–H and O–H groups in total. The van der Waals surface area contributed by atoms with E-state index in [9.17, 15) is 4.79 Å². The third kappa shape index (κ3) is 2.35. The predicted octanol–water partition coefficient (Wildman–Crippen LogP) is 3.36. The highest BCUT2D eigenvalue weighted by Crippen LogP contribution is 2.27. The molecule has 5 heteroatoms. The Morgan fingerprint density at radius 1 is 1.24 bits per heavy atom. The van der Waals surface area contributed by atoms with Crippen molar-refractivity contribution in [2.24, 2.45) is 0 Å². The van der Waals surface area contributed by atoms with Crippen LogP contribution in [0.5, 0.6) is 0 Å². The van der Waals surface area contributed by atoms with Crippen molar-refractivity contribution in [2.45, 2.75) is 13.8 Å². The minimum Gasteiger partial charge on any atom is -0.306 e.